The molecule has 1 amide bonds. The number of methoxy groups -OCH3 is 1. The molecule has 1 N–H and O–H groups in total. The highest BCUT2D eigenvalue weighted by Gasteiger charge is 2.19. The fraction of sp³-hybridized carbons (Fsp3) is 0.278. The minimum atomic E-state index is -0.281. The first-order chi connectivity index (χ1) is 12.7. The van der Waals surface area contributed by atoms with E-state index in [1.54, 1.807) is 24.8 Å². The number of benzene rings is 1. The summed E-state index contributed by atoms with van der Waals surface area (Å²) in [6, 6.07) is 11.7. The largest absolute Gasteiger partial charge is 0.495 e. The third-order valence-corrected chi connectivity index (χ3v) is 5.76. The minimum Gasteiger partial charge on any atom is -0.495 e. The second-order valence-corrected chi connectivity index (χ2v) is 7.88. The van der Waals surface area contributed by atoms with E-state index in [0.717, 1.165) is 17.9 Å². The number of aromatic nitrogens is 3. The average Bonchev–Trinajstić information content (AvgIpc) is 3.33. The zero-order chi connectivity index (χ0) is 18.4. The van der Waals surface area contributed by atoms with E-state index >= 15 is 0 Å². The van der Waals surface area contributed by atoms with Crippen molar-refractivity contribution >= 4 is 29.0 Å². The number of hydrogen-bond donors (Lipinski definition) is 1. The Bertz CT molecular complexity index is 849. The predicted octanol–water partition coefficient (Wildman–Crippen LogP) is 3.18. The molecule has 2 aromatic heterocycles. The third-order valence-electron chi connectivity index (χ3n) is 3.76. The molecule has 136 valence electrons. The van der Waals surface area contributed by atoms with Crippen LogP contribution in [0.5, 0.6) is 5.75 Å². The molecule has 3 aromatic rings. The van der Waals surface area contributed by atoms with Gasteiger partial charge in [0.15, 0.2) is 5.16 Å². The first-order valence-electron chi connectivity index (χ1n) is 8.19. The van der Waals surface area contributed by atoms with Gasteiger partial charge in [-0.05, 0) is 36.9 Å². The lowest BCUT2D eigenvalue weighted by atomic mass is 10.3. The second-order valence-electron chi connectivity index (χ2n) is 5.54. The van der Waals surface area contributed by atoms with Crippen molar-refractivity contribution in [1.29, 1.82) is 0 Å². The highest BCUT2D eigenvalue weighted by Crippen LogP contribution is 2.28. The van der Waals surface area contributed by atoms with Crippen molar-refractivity contribution in [2.45, 2.75) is 23.8 Å². The van der Waals surface area contributed by atoms with Crippen LogP contribution in [0.2, 0.25) is 0 Å². The van der Waals surface area contributed by atoms with Gasteiger partial charge in [0.1, 0.15) is 12.1 Å². The molecule has 2 heterocycles. The average molecular weight is 389 g/mol. The van der Waals surface area contributed by atoms with Gasteiger partial charge in [0.25, 0.3) is 0 Å². The molecule has 0 unspecified atom stereocenters. The normalized spacial score (nSPS) is 11.9. The Morgan fingerprint density at radius 3 is 2.96 bits per heavy atom. The molecule has 0 aliphatic carbocycles. The van der Waals surface area contributed by atoms with E-state index in [9.17, 15) is 4.79 Å². The number of para-hydroxylation sites is 2. The molecule has 0 saturated carbocycles. The Labute approximate surface area is 160 Å². The number of thioether (sulfide) groups is 1. The minimum absolute atomic E-state index is 0.0128. The number of nitrogens with zero attached hydrogens (tertiary/aromatic N) is 3. The molecule has 6 nitrogen and oxygen atoms in total. The number of ether oxygens (including phenoxy) is 1. The number of carbonyl (C=O) groups is 1. The number of thiophene rings is 1. The lowest BCUT2D eigenvalue weighted by Gasteiger charge is -2.13. The summed E-state index contributed by atoms with van der Waals surface area (Å²) in [5.41, 5.74) is 0.841. The van der Waals surface area contributed by atoms with Gasteiger partial charge in [0.05, 0.1) is 18.0 Å². The van der Waals surface area contributed by atoms with Crippen LogP contribution in [0.3, 0.4) is 0 Å². The fourth-order valence-electron chi connectivity index (χ4n) is 2.42. The molecule has 0 radical (unpaired) electrons. The molecular weight excluding hydrogens is 368 g/mol. The summed E-state index contributed by atoms with van der Waals surface area (Å²) in [4.78, 5) is 13.6. The molecule has 0 fully saturated rings. The Hall–Kier alpha value is -2.32. The van der Waals surface area contributed by atoms with E-state index < -0.39 is 0 Å². The van der Waals surface area contributed by atoms with Gasteiger partial charge in [0.2, 0.25) is 5.91 Å². The van der Waals surface area contributed by atoms with Crippen LogP contribution < -0.4 is 10.1 Å². The van der Waals surface area contributed by atoms with Crippen LogP contribution in [-0.2, 0) is 11.2 Å². The molecular formula is C18H20N4O2S2. The van der Waals surface area contributed by atoms with Crippen molar-refractivity contribution in [2.75, 3.05) is 13.7 Å². The fourth-order valence-corrected chi connectivity index (χ4v) is 3.99. The van der Waals surface area contributed by atoms with Gasteiger partial charge in [-0.1, -0.05) is 30.0 Å². The van der Waals surface area contributed by atoms with Crippen molar-refractivity contribution in [3.63, 3.8) is 0 Å². The second kappa shape index (κ2) is 8.86. The SMILES string of the molecule is COc1ccccc1-n1cnnc1S[C@H](C)C(=O)NCCc1cccs1. The molecule has 0 aliphatic rings. The zero-order valence-corrected chi connectivity index (χ0v) is 16.2. The maximum Gasteiger partial charge on any atom is 0.233 e. The van der Waals surface area contributed by atoms with E-state index in [1.807, 2.05) is 47.2 Å². The van der Waals surface area contributed by atoms with Crippen LogP contribution in [-0.4, -0.2) is 39.6 Å². The molecule has 0 saturated heterocycles. The molecule has 0 aliphatic heterocycles. The van der Waals surface area contributed by atoms with E-state index in [2.05, 4.69) is 21.6 Å². The Kier molecular flexibility index (Phi) is 6.30. The molecule has 1 atom stereocenters. The maximum atomic E-state index is 12.4. The topological polar surface area (TPSA) is 69.0 Å². The van der Waals surface area contributed by atoms with Crippen LogP contribution in [0.15, 0.2) is 53.3 Å². The van der Waals surface area contributed by atoms with Gasteiger partial charge in [-0.15, -0.1) is 21.5 Å². The van der Waals surface area contributed by atoms with Crippen LogP contribution in [0, 0.1) is 0 Å². The van der Waals surface area contributed by atoms with Crippen LogP contribution in [0.25, 0.3) is 5.69 Å². The number of carbonyl (C=O) groups excluding carboxylic acids is 1. The summed E-state index contributed by atoms with van der Waals surface area (Å²) in [5.74, 6) is 0.711. The van der Waals surface area contributed by atoms with E-state index in [1.165, 1.54) is 16.6 Å². The van der Waals surface area contributed by atoms with Gasteiger partial charge in [-0.25, -0.2) is 0 Å². The first kappa shape index (κ1) is 18.5. The molecule has 0 bridgehead atoms. The molecule has 8 heteroatoms. The molecule has 26 heavy (non-hydrogen) atoms. The highest BCUT2D eigenvalue weighted by molar-refractivity contribution is 8.00. The van der Waals surface area contributed by atoms with Gasteiger partial charge >= 0.3 is 0 Å². The van der Waals surface area contributed by atoms with Crippen LogP contribution >= 0.6 is 23.1 Å². The monoisotopic (exact) mass is 388 g/mol. The van der Waals surface area contributed by atoms with Gasteiger partial charge in [0, 0.05) is 11.4 Å². The van der Waals surface area contributed by atoms with Crippen molar-refractivity contribution in [3.05, 3.63) is 53.0 Å². The highest BCUT2D eigenvalue weighted by atomic mass is 32.2. The quantitative estimate of drug-likeness (QED) is 0.600. The van der Waals surface area contributed by atoms with Crippen molar-refractivity contribution in [1.82, 2.24) is 20.1 Å². The number of nitrogens with one attached hydrogen (secondary N) is 1. The summed E-state index contributed by atoms with van der Waals surface area (Å²) in [6.45, 7) is 2.50. The van der Waals surface area contributed by atoms with Crippen molar-refractivity contribution in [2.24, 2.45) is 0 Å². The summed E-state index contributed by atoms with van der Waals surface area (Å²) >= 11 is 3.07. The lowest BCUT2D eigenvalue weighted by Crippen LogP contribution is -2.32. The Morgan fingerprint density at radius 2 is 2.19 bits per heavy atom. The maximum absolute atomic E-state index is 12.4. The number of rotatable bonds is 8. The Balaban J connectivity index is 1.62. The smallest absolute Gasteiger partial charge is 0.233 e. The van der Waals surface area contributed by atoms with E-state index in [0.29, 0.717) is 11.7 Å². The number of hydrogen-bond acceptors (Lipinski definition) is 6. The summed E-state index contributed by atoms with van der Waals surface area (Å²) in [7, 11) is 1.62. The van der Waals surface area contributed by atoms with Gasteiger partial charge in [-0.3, -0.25) is 9.36 Å². The predicted molar refractivity (Wildman–Crippen MR) is 104 cm³/mol. The van der Waals surface area contributed by atoms with E-state index in [4.69, 9.17) is 4.74 Å². The van der Waals surface area contributed by atoms with Gasteiger partial charge in [-0.2, -0.15) is 0 Å². The summed E-state index contributed by atoms with van der Waals surface area (Å²) in [6.07, 6.45) is 2.47. The molecule has 3 rings (SSSR count). The Morgan fingerprint density at radius 1 is 1.35 bits per heavy atom. The molecule has 0 spiro atoms. The van der Waals surface area contributed by atoms with Crippen molar-refractivity contribution < 1.29 is 9.53 Å². The summed E-state index contributed by atoms with van der Waals surface area (Å²) < 4.78 is 7.23. The van der Waals surface area contributed by atoms with Crippen LogP contribution in [0.4, 0.5) is 0 Å². The number of amides is 1. The first-order valence-corrected chi connectivity index (χ1v) is 9.95. The standard InChI is InChI=1S/C18H20N4O2S2/c1-13(17(23)19-10-9-14-6-5-11-25-14)26-18-21-20-12-22(18)15-7-3-4-8-16(15)24-2/h3-8,11-13H,9-10H2,1-2H3,(H,19,23)/t13-/m1/s1. The van der Waals surface area contributed by atoms with Crippen molar-refractivity contribution in [3.8, 4) is 11.4 Å². The lowest BCUT2D eigenvalue weighted by molar-refractivity contribution is -0.120. The zero-order valence-electron chi connectivity index (χ0n) is 14.6. The van der Waals surface area contributed by atoms with Crippen LogP contribution in [0.1, 0.15) is 11.8 Å². The third kappa shape index (κ3) is 4.44. The van der Waals surface area contributed by atoms with E-state index in [-0.39, 0.29) is 11.2 Å². The molecule has 1 aromatic carbocycles. The summed E-state index contributed by atoms with van der Waals surface area (Å²) in [5, 5.41) is 13.5. The van der Waals surface area contributed by atoms with Gasteiger partial charge < -0.3 is 10.1 Å².